The third-order valence-electron chi connectivity index (χ3n) is 3.38. The van der Waals surface area contributed by atoms with Crippen LogP contribution in [0.15, 0.2) is 0 Å². The molecule has 5 heteroatoms. The Bertz CT molecular complexity index is 165. The van der Waals surface area contributed by atoms with Gasteiger partial charge in [-0.05, 0) is 32.7 Å². The summed E-state index contributed by atoms with van der Waals surface area (Å²) in [6, 6.07) is 0. The molecule has 0 spiro atoms. The zero-order valence-electron chi connectivity index (χ0n) is 12.5. The van der Waals surface area contributed by atoms with E-state index in [9.17, 15) is 0 Å². The second-order valence-electron chi connectivity index (χ2n) is 4.12. The molecule has 0 aromatic heterocycles. The van der Waals surface area contributed by atoms with Gasteiger partial charge < -0.3 is 4.43 Å². The molecule has 0 aliphatic carbocycles. The molecular formula is C12H31N3OSi. The summed E-state index contributed by atoms with van der Waals surface area (Å²) < 4.78 is 5.62. The smallest absolute Gasteiger partial charge is 0.151 e. The summed E-state index contributed by atoms with van der Waals surface area (Å²) >= 11 is 0. The number of nitrogens with zero attached hydrogens (tertiary/aromatic N) is 2. The van der Waals surface area contributed by atoms with Gasteiger partial charge in [0.05, 0.1) is 6.61 Å². The summed E-state index contributed by atoms with van der Waals surface area (Å²) in [7, 11) is 0.785. The second-order valence-corrected chi connectivity index (χ2v) is 4.70. The largest absolute Gasteiger partial charge is 0.423 e. The molecule has 0 saturated heterocycles. The maximum atomic E-state index is 5.62. The number of likely N-dealkylation sites (N-methyl/N-ethyl adjacent to an activating group) is 3. The molecule has 1 N–H and O–H groups in total. The lowest BCUT2D eigenvalue weighted by atomic mass is 10.2. The predicted octanol–water partition coefficient (Wildman–Crippen LogP) is 0.230. The third kappa shape index (κ3) is 4.03. The first-order chi connectivity index (χ1) is 8.16. The fourth-order valence-corrected chi connectivity index (χ4v) is 3.04. The van der Waals surface area contributed by atoms with Gasteiger partial charge >= 0.3 is 0 Å². The molecule has 0 rings (SSSR count). The van der Waals surface area contributed by atoms with Gasteiger partial charge in [0, 0.05) is 0 Å². The van der Waals surface area contributed by atoms with Crippen LogP contribution in [0.5, 0.6) is 0 Å². The maximum Gasteiger partial charge on any atom is 0.151 e. The van der Waals surface area contributed by atoms with Gasteiger partial charge in [0.2, 0.25) is 0 Å². The van der Waals surface area contributed by atoms with Gasteiger partial charge in [-0.25, -0.2) is 0 Å². The average molecular weight is 261 g/mol. The van der Waals surface area contributed by atoms with Crippen LogP contribution in [0.25, 0.3) is 0 Å². The van der Waals surface area contributed by atoms with Gasteiger partial charge in [0.25, 0.3) is 0 Å². The molecule has 104 valence electrons. The minimum Gasteiger partial charge on any atom is -0.423 e. The standard InChI is InChI=1S/C12H31N3OSi/c1-6-13-12(11-16-17,14(7-2)8-3)15(9-4)10-5/h13H,6-11H2,1-5,17H3. The molecular weight excluding hydrogens is 230 g/mol. The molecule has 0 unspecified atom stereocenters. The quantitative estimate of drug-likeness (QED) is 0.450. The van der Waals surface area contributed by atoms with Crippen LogP contribution in [-0.4, -0.2) is 65.4 Å². The normalized spacial score (nSPS) is 12.9. The van der Waals surface area contributed by atoms with Crippen molar-refractivity contribution in [1.82, 2.24) is 15.1 Å². The Morgan fingerprint density at radius 3 is 1.59 bits per heavy atom. The molecule has 17 heavy (non-hydrogen) atoms. The fraction of sp³-hybridized carbons (Fsp3) is 1.00. The summed E-state index contributed by atoms with van der Waals surface area (Å²) in [5.74, 6) is -0.135. The van der Waals surface area contributed by atoms with Crippen LogP contribution in [0.1, 0.15) is 34.6 Å². The van der Waals surface area contributed by atoms with E-state index in [1.165, 1.54) is 0 Å². The van der Waals surface area contributed by atoms with E-state index in [1.54, 1.807) is 0 Å². The molecule has 0 amide bonds. The Morgan fingerprint density at radius 1 is 0.941 bits per heavy atom. The van der Waals surface area contributed by atoms with Crippen LogP contribution in [0, 0.1) is 0 Å². The van der Waals surface area contributed by atoms with Gasteiger partial charge in [-0.15, -0.1) is 0 Å². The summed E-state index contributed by atoms with van der Waals surface area (Å²) in [6.07, 6.45) is 0. The maximum absolute atomic E-state index is 5.62. The first-order valence-corrected chi connectivity index (χ1v) is 7.72. The lowest BCUT2D eigenvalue weighted by Gasteiger charge is -2.50. The van der Waals surface area contributed by atoms with E-state index >= 15 is 0 Å². The molecule has 0 aliphatic rings. The van der Waals surface area contributed by atoms with Crippen molar-refractivity contribution in [2.45, 2.75) is 40.4 Å². The molecule has 0 heterocycles. The lowest BCUT2D eigenvalue weighted by Crippen LogP contribution is -2.71. The van der Waals surface area contributed by atoms with E-state index in [1.807, 2.05) is 0 Å². The summed E-state index contributed by atoms with van der Waals surface area (Å²) in [6.45, 7) is 16.9. The fourth-order valence-electron chi connectivity index (χ4n) is 2.64. The molecule has 0 aliphatic heterocycles. The van der Waals surface area contributed by atoms with Crippen molar-refractivity contribution >= 4 is 10.5 Å². The first-order valence-electron chi connectivity index (χ1n) is 6.90. The van der Waals surface area contributed by atoms with E-state index in [0.29, 0.717) is 0 Å². The highest BCUT2D eigenvalue weighted by molar-refractivity contribution is 5.97. The Balaban J connectivity index is 5.20. The van der Waals surface area contributed by atoms with Crippen molar-refractivity contribution in [2.24, 2.45) is 0 Å². The zero-order chi connectivity index (χ0) is 13.3. The van der Waals surface area contributed by atoms with E-state index in [4.69, 9.17) is 4.43 Å². The minimum absolute atomic E-state index is 0.135. The third-order valence-corrected chi connectivity index (χ3v) is 3.67. The van der Waals surface area contributed by atoms with Gasteiger partial charge in [-0.2, -0.15) is 0 Å². The van der Waals surface area contributed by atoms with Crippen LogP contribution >= 0.6 is 0 Å². The van der Waals surface area contributed by atoms with Crippen LogP contribution in [0.3, 0.4) is 0 Å². The lowest BCUT2D eigenvalue weighted by molar-refractivity contribution is -0.101. The van der Waals surface area contributed by atoms with Crippen molar-refractivity contribution in [2.75, 3.05) is 39.3 Å². The van der Waals surface area contributed by atoms with Gasteiger partial charge in [0.1, 0.15) is 10.5 Å². The average Bonchev–Trinajstić information content (AvgIpc) is 2.32. The molecule has 0 atom stereocenters. The minimum atomic E-state index is -0.135. The van der Waals surface area contributed by atoms with Crippen LogP contribution in [0.2, 0.25) is 0 Å². The van der Waals surface area contributed by atoms with E-state index < -0.39 is 0 Å². The highest BCUT2D eigenvalue weighted by Crippen LogP contribution is 2.18. The number of hydrogen-bond donors (Lipinski definition) is 1. The Labute approximate surface area is 110 Å². The van der Waals surface area contributed by atoms with Crippen LogP contribution in [0.4, 0.5) is 0 Å². The SMILES string of the molecule is CCNC(CO[SiH3])(N(CC)CC)N(CC)CC. The van der Waals surface area contributed by atoms with Gasteiger partial charge in [-0.1, -0.05) is 34.6 Å². The van der Waals surface area contributed by atoms with Crippen molar-refractivity contribution in [1.29, 1.82) is 0 Å². The molecule has 0 radical (unpaired) electrons. The van der Waals surface area contributed by atoms with E-state index in [0.717, 1.165) is 49.8 Å². The summed E-state index contributed by atoms with van der Waals surface area (Å²) in [5.41, 5.74) is 0. The predicted molar refractivity (Wildman–Crippen MR) is 78.1 cm³/mol. The first kappa shape index (κ1) is 17.1. The molecule has 0 fully saturated rings. The van der Waals surface area contributed by atoms with Gasteiger partial charge in [0.15, 0.2) is 5.79 Å². The van der Waals surface area contributed by atoms with Crippen LogP contribution in [-0.2, 0) is 4.43 Å². The monoisotopic (exact) mass is 261 g/mol. The Morgan fingerprint density at radius 2 is 1.35 bits per heavy atom. The topological polar surface area (TPSA) is 27.7 Å². The second kappa shape index (κ2) is 9.05. The van der Waals surface area contributed by atoms with Crippen molar-refractivity contribution < 1.29 is 4.43 Å². The van der Waals surface area contributed by atoms with E-state index in [-0.39, 0.29) is 5.79 Å². The number of nitrogens with one attached hydrogen (secondary N) is 1. The van der Waals surface area contributed by atoms with Crippen molar-refractivity contribution in [3.8, 4) is 0 Å². The Kier molecular flexibility index (Phi) is 9.08. The number of rotatable bonds is 10. The Hall–Kier alpha value is 0.0569. The highest BCUT2D eigenvalue weighted by atomic mass is 28.2. The summed E-state index contributed by atoms with van der Waals surface area (Å²) in [5, 5.41) is 3.65. The molecule has 0 aromatic carbocycles. The number of hydrogen-bond acceptors (Lipinski definition) is 4. The van der Waals surface area contributed by atoms with Crippen molar-refractivity contribution in [3.63, 3.8) is 0 Å². The van der Waals surface area contributed by atoms with Crippen molar-refractivity contribution in [3.05, 3.63) is 0 Å². The van der Waals surface area contributed by atoms with Crippen LogP contribution < -0.4 is 5.32 Å². The highest BCUT2D eigenvalue weighted by Gasteiger charge is 2.38. The zero-order valence-corrected chi connectivity index (χ0v) is 14.5. The molecule has 0 aromatic rings. The van der Waals surface area contributed by atoms with Gasteiger partial charge in [-0.3, -0.25) is 15.1 Å². The van der Waals surface area contributed by atoms with E-state index in [2.05, 4.69) is 49.7 Å². The summed E-state index contributed by atoms with van der Waals surface area (Å²) in [4.78, 5) is 4.92. The molecule has 4 nitrogen and oxygen atoms in total. The molecule has 0 bridgehead atoms. The molecule has 0 saturated carbocycles.